The van der Waals surface area contributed by atoms with Gasteiger partial charge >= 0.3 is 0 Å². The number of para-hydroxylation sites is 1. The van der Waals surface area contributed by atoms with E-state index in [0.29, 0.717) is 0 Å². The number of nitrogens with one attached hydrogen (secondary N) is 1. The van der Waals surface area contributed by atoms with Crippen molar-refractivity contribution >= 4 is 22.5 Å². The first kappa shape index (κ1) is 29.5. The van der Waals surface area contributed by atoms with Crippen molar-refractivity contribution in [3.05, 3.63) is 111 Å². The minimum absolute atomic E-state index is 0.149. The predicted molar refractivity (Wildman–Crippen MR) is 183 cm³/mol. The summed E-state index contributed by atoms with van der Waals surface area (Å²) in [6.07, 6.45) is 13.6. The zero-order valence-electron chi connectivity index (χ0n) is 26.0. The fraction of sp³-hybridized carbons (Fsp3) is 0.436. The van der Waals surface area contributed by atoms with E-state index in [1.165, 1.54) is 110 Å². The molecule has 4 nitrogen and oxygen atoms in total. The summed E-state index contributed by atoms with van der Waals surface area (Å²) in [6, 6.07) is 26.3. The SMILES string of the molecule is Clc1ccc(CC(=C2CC2)N2CCc3c([nH]c4ccccc34)C2c2ccc(OCCCCCCN3CCCCC3)cc2)cc1. The van der Waals surface area contributed by atoms with Crippen LogP contribution in [-0.2, 0) is 12.8 Å². The molecule has 4 aromatic rings. The summed E-state index contributed by atoms with van der Waals surface area (Å²) < 4.78 is 6.22. The van der Waals surface area contributed by atoms with Gasteiger partial charge in [-0.3, -0.25) is 0 Å². The highest BCUT2D eigenvalue weighted by Gasteiger charge is 2.35. The molecule has 1 unspecified atom stereocenters. The first-order chi connectivity index (χ1) is 21.7. The molecule has 1 saturated heterocycles. The van der Waals surface area contributed by atoms with E-state index in [1.54, 1.807) is 5.57 Å². The Kier molecular flexibility index (Phi) is 9.27. The number of aromatic amines is 1. The van der Waals surface area contributed by atoms with Crippen molar-refractivity contribution in [2.75, 3.05) is 32.8 Å². The number of nitrogens with zero attached hydrogens (tertiary/aromatic N) is 2. The number of aromatic nitrogens is 1. The molecule has 5 heteroatoms. The maximum Gasteiger partial charge on any atom is 0.119 e. The minimum Gasteiger partial charge on any atom is -0.494 e. The number of hydrogen-bond acceptors (Lipinski definition) is 3. The summed E-state index contributed by atoms with van der Waals surface area (Å²) in [5.41, 5.74) is 9.76. The van der Waals surface area contributed by atoms with Crippen molar-refractivity contribution in [2.24, 2.45) is 0 Å². The van der Waals surface area contributed by atoms with Crippen molar-refractivity contribution in [3.63, 3.8) is 0 Å². The van der Waals surface area contributed by atoms with Gasteiger partial charge < -0.3 is 19.5 Å². The van der Waals surface area contributed by atoms with Crippen molar-refractivity contribution in [2.45, 2.75) is 76.7 Å². The van der Waals surface area contributed by atoms with Crippen LogP contribution in [0.2, 0.25) is 5.02 Å². The van der Waals surface area contributed by atoms with Gasteiger partial charge in [-0.1, -0.05) is 78.9 Å². The Morgan fingerprint density at radius 2 is 1.57 bits per heavy atom. The fourth-order valence-corrected chi connectivity index (χ4v) is 7.49. The number of unbranched alkanes of at least 4 members (excludes halogenated alkanes) is 3. The molecule has 1 saturated carbocycles. The third-order valence-electron chi connectivity index (χ3n) is 9.86. The van der Waals surface area contributed by atoms with Gasteiger partial charge in [0.25, 0.3) is 0 Å². The van der Waals surface area contributed by atoms with Gasteiger partial charge in [-0.15, -0.1) is 0 Å². The third-order valence-corrected chi connectivity index (χ3v) is 10.1. The van der Waals surface area contributed by atoms with Gasteiger partial charge in [-0.25, -0.2) is 0 Å². The van der Waals surface area contributed by atoms with E-state index in [9.17, 15) is 0 Å². The molecule has 2 fully saturated rings. The molecule has 3 aromatic carbocycles. The van der Waals surface area contributed by atoms with Crippen LogP contribution in [0.1, 0.15) is 86.2 Å². The monoisotopic (exact) mass is 607 g/mol. The van der Waals surface area contributed by atoms with Crippen LogP contribution in [0, 0.1) is 0 Å². The van der Waals surface area contributed by atoms with Crippen LogP contribution in [0.4, 0.5) is 0 Å². The molecule has 1 N–H and O–H groups in total. The van der Waals surface area contributed by atoms with Crippen LogP contribution in [0.25, 0.3) is 10.9 Å². The molecule has 0 radical (unpaired) electrons. The van der Waals surface area contributed by atoms with E-state index in [0.717, 1.165) is 43.2 Å². The number of allylic oxidation sites excluding steroid dienone is 2. The number of rotatable bonds is 12. The molecule has 3 aliphatic rings. The standard InChI is InChI=1S/C39H46ClN3O/c40-32-18-12-29(13-19-32)28-37(30-14-15-30)43-26-22-35-34-10-4-5-11-36(34)41-38(35)39(43)31-16-20-33(21-17-31)44-27-9-2-1-6-23-42-24-7-3-8-25-42/h4-5,10-13,16-21,39,41H,1-3,6-9,14-15,22-28H2. The Morgan fingerprint density at radius 1 is 0.795 bits per heavy atom. The quantitative estimate of drug-likeness (QED) is 0.163. The lowest BCUT2D eigenvalue weighted by Crippen LogP contribution is -2.36. The van der Waals surface area contributed by atoms with E-state index in [-0.39, 0.29) is 6.04 Å². The Balaban J connectivity index is 1.05. The minimum atomic E-state index is 0.149. The molecule has 0 bridgehead atoms. The lowest BCUT2D eigenvalue weighted by molar-refractivity contribution is 0.223. The molecule has 2 aliphatic heterocycles. The molecule has 1 atom stereocenters. The number of benzene rings is 3. The highest BCUT2D eigenvalue weighted by molar-refractivity contribution is 6.30. The number of hydrogen-bond donors (Lipinski definition) is 1. The maximum absolute atomic E-state index is 6.23. The molecule has 1 aliphatic carbocycles. The van der Waals surface area contributed by atoms with Crippen LogP contribution in [0.5, 0.6) is 5.75 Å². The topological polar surface area (TPSA) is 31.5 Å². The normalized spacial score (nSPS) is 18.4. The number of ether oxygens (including phenoxy) is 1. The highest BCUT2D eigenvalue weighted by atomic mass is 35.5. The van der Waals surface area contributed by atoms with E-state index < -0.39 is 0 Å². The number of fused-ring (bicyclic) bond motifs is 3. The van der Waals surface area contributed by atoms with Gasteiger partial charge in [0.05, 0.1) is 12.6 Å². The smallest absolute Gasteiger partial charge is 0.119 e. The van der Waals surface area contributed by atoms with Crippen LogP contribution in [0.15, 0.2) is 84.1 Å². The summed E-state index contributed by atoms with van der Waals surface area (Å²) in [5, 5.41) is 2.16. The molecule has 0 spiro atoms. The van der Waals surface area contributed by atoms with Crippen molar-refractivity contribution < 1.29 is 4.74 Å². The summed E-state index contributed by atoms with van der Waals surface area (Å²) in [6.45, 7) is 5.70. The lowest BCUT2D eigenvalue weighted by Gasteiger charge is -2.40. The van der Waals surface area contributed by atoms with Gasteiger partial charge in [-0.05, 0) is 112 Å². The number of piperidine rings is 1. The first-order valence-corrected chi connectivity index (χ1v) is 17.4. The molecular weight excluding hydrogens is 562 g/mol. The van der Waals surface area contributed by atoms with Crippen LogP contribution >= 0.6 is 11.6 Å². The third kappa shape index (κ3) is 6.87. The summed E-state index contributed by atoms with van der Waals surface area (Å²) in [7, 11) is 0. The second-order valence-electron chi connectivity index (χ2n) is 13.0. The fourth-order valence-electron chi connectivity index (χ4n) is 7.36. The second-order valence-corrected chi connectivity index (χ2v) is 13.4. The zero-order chi connectivity index (χ0) is 29.7. The van der Waals surface area contributed by atoms with Gasteiger partial charge in [0.2, 0.25) is 0 Å². The largest absolute Gasteiger partial charge is 0.494 e. The van der Waals surface area contributed by atoms with Crippen LogP contribution < -0.4 is 4.74 Å². The van der Waals surface area contributed by atoms with Gasteiger partial charge in [-0.2, -0.15) is 0 Å². The average molecular weight is 608 g/mol. The van der Waals surface area contributed by atoms with Crippen LogP contribution in [-0.4, -0.2) is 47.6 Å². The highest BCUT2D eigenvalue weighted by Crippen LogP contribution is 2.44. The van der Waals surface area contributed by atoms with Crippen molar-refractivity contribution in [1.29, 1.82) is 0 Å². The predicted octanol–water partition coefficient (Wildman–Crippen LogP) is 9.48. The maximum atomic E-state index is 6.23. The molecule has 230 valence electrons. The van der Waals surface area contributed by atoms with E-state index in [2.05, 4.69) is 75.4 Å². The summed E-state index contributed by atoms with van der Waals surface area (Å²) >= 11 is 6.23. The number of likely N-dealkylation sites (tertiary alicyclic amines) is 1. The molecule has 1 aromatic heterocycles. The Morgan fingerprint density at radius 3 is 2.36 bits per heavy atom. The molecular formula is C39H46ClN3O. The summed E-state index contributed by atoms with van der Waals surface area (Å²) in [5.74, 6) is 0.975. The van der Waals surface area contributed by atoms with Crippen LogP contribution in [0.3, 0.4) is 0 Å². The first-order valence-electron chi connectivity index (χ1n) is 17.0. The second kappa shape index (κ2) is 13.8. The van der Waals surface area contributed by atoms with E-state index in [4.69, 9.17) is 16.3 Å². The summed E-state index contributed by atoms with van der Waals surface area (Å²) in [4.78, 5) is 9.20. The average Bonchev–Trinajstić information content (AvgIpc) is 3.84. The van der Waals surface area contributed by atoms with E-state index in [1.807, 2.05) is 12.1 Å². The lowest BCUT2D eigenvalue weighted by atomic mass is 9.91. The molecule has 7 rings (SSSR count). The van der Waals surface area contributed by atoms with Crippen molar-refractivity contribution in [3.8, 4) is 5.75 Å². The molecule has 0 amide bonds. The zero-order valence-corrected chi connectivity index (χ0v) is 26.8. The van der Waals surface area contributed by atoms with Gasteiger partial charge in [0.1, 0.15) is 5.75 Å². The van der Waals surface area contributed by atoms with E-state index >= 15 is 0 Å². The molecule has 3 heterocycles. The number of H-pyrrole nitrogens is 1. The van der Waals surface area contributed by atoms with Crippen molar-refractivity contribution in [1.82, 2.24) is 14.8 Å². The Hall–Kier alpha value is -3.21. The Bertz CT molecular complexity index is 1560. The number of halogens is 1. The van der Waals surface area contributed by atoms with Gasteiger partial charge in [0, 0.05) is 40.3 Å². The van der Waals surface area contributed by atoms with Gasteiger partial charge in [0.15, 0.2) is 0 Å². The molecule has 44 heavy (non-hydrogen) atoms. The Labute approximate surface area is 268 Å².